The predicted molar refractivity (Wildman–Crippen MR) is 56.6 cm³/mol. The van der Waals surface area contributed by atoms with Crippen LogP contribution in [-0.4, -0.2) is 5.91 Å². The molecule has 1 saturated heterocycles. The van der Waals surface area contributed by atoms with Crippen molar-refractivity contribution in [2.45, 2.75) is 18.9 Å². The normalized spacial score (nSPS) is 25.5. The van der Waals surface area contributed by atoms with E-state index in [1.165, 1.54) is 0 Å². The minimum absolute atomic E-state index is 0.0310. The summed E-state index contributed by atoms with van der Waals surface area (Å²) in [7, 11) is 0. The van der Waals surface area contributed by atoms with Crippen molar-refractivity contribution in [1.82, 2.24) is 5.32 Å². The van der Waals surface area contributed by atoms with Gasteiger partial charge in [-0.1, -0.05) is 29.3 Å². The van der Waals surface area contributed by atoms with Crippen LogP contribution >= 0.6 is 23.2 Å². The maximum Gasteiger partial charge on any atom is 0.223 e. The van der Waals surface area contributed by atoms with Crippen LogP contribution in [0.1, 0.15) is 18.9 Å². The predicted octanol–water partition coefficient (Wildman–Crippen LogP) is 2.73. The Kier molecular flexibility index (Phi) is 2.20. The van der Waals surface area contributed by atoms with Crippen LogP contribution < -0.4 is 5.32 Å². The zero-order valence-electron chi connectivity index (χ0n) is 7.60. The van der Waals surface area contributed by atoms with E-state index in [1.807, 2.05) is 6.92 Å². The van der Waals surface area contributed by atoms with Crippen molar-refractivity contribution < 1.29 is 4.79 Å². The highest BCUT2D eigenvalue weighted by Gasteiger charge is 2.42. The molecular weight excluding hydrogens is 221 g/mol. The fraction of sp³-hybridized carbons (Fsp3) is 0.300. The van der Waals surface area contributed by atoms with E-state index in [-0.39, 0.29) is 5.91 Å². The van der Waals surface area contributed by atoms with Gasteiger partial charge < -0.3 is 5.32 Å². The molecule has 1 amide bonds. The van der Waals surface area contributed by atoms with Gasteiger partial charge in [0.2, 0.25) is 5.91 Å². The molecule has 14 heavy (non-hydrogen) atoms. The third kappa shape index (κ3) is 1.39. The van der Waals surface area contributed by atoms with E-state index in [9.17, 15) is 4.79 Å². The smallest absolute Gasteiger partial charge is 0.223 e. The Morgan fingerprint density at radius 3 is 2.29 bits per heavy atom. The Balaban J connectivity index is 2.46. The molecule has 1 atom stereocenters. The molecule has 1 N–H and O–H groups in total. The standard InChI is InChI=1S/C10H9Cl2NO/c1-10(5-8(14)13-10)9-6(11)3-2-4-7(9)12/h2-4H,5H2,1H3,(H,13,14). The van der Waals surface area contributed by atoms with Crippen molar-refractivity contribution in [3.8, 4) is 0 Å². The summed E-state index contributed by atoms with van der Waals surface area (Å²) in [6, 6.07) is 5.34. The van der Waals surface area contributed by atoms with Crippen molar-refractivity contribution >= 4 is 29.1 Å². The topological polar surface area (TPSA) is 29.1 Å². The molecule has 1 heterocycles. The number of hydrogen-bond donors (Lipinski definition) is 1. The summed E-state index contributed by atoms with van der Waals surface area (Å²) in [5.74, 6) is 0.0310. The Morgan fingerprint density at radius 2 is 1.86 bits per heavy atom. The van der Waals surface area contributed by atoms with Gasteiger partial charge in [0.1, 0.15) is 0 Å². The highest BCUT2D eigenvalue weighted by molar-refractivity contribution is 6.36. The van der Waals surface area contributed by atoms with Crippen LogP contribution in [0.3, 0.4) is 0 Å². The lowest BCUT2D eigenvalue weighted by atomic mass is 9.82. The molecule has 1 aromatic carbocycles. The molecule has 1 unspecified atom stereocenters. The summed E-state index contributed by atoms with van der Waals surface area (Å²) in [4.78, 5) is 10.9. The third-order valence-electron chi connectivity index (χ3n) is 2.44. The van der Waals surface area contributed by atoms with Gasteiger partial charge in [-0.25, -0.2) is 0 Å². The first-order valence-corrected chi connectivity index (χ1v) is 5.04. The first-order chi connectivity index (χ1) is 6.53. The van der Waals surface area contributed by atoms with Gasteiger partial charge in [0, 0.05) is 15.6 Å². The minimum atomic E-state index is -0.396. The second kappa shape index (κ2) is 3.14. The number of hydrogen-bond acceptors (Lipinski definition) is 1. The SMILES string of the molecule is CC1(c2c(Cl)cccc2Cl)CC(=O)N1. The molecule has 2 nitrogen and oxygen atoms in total. The van der Waals surface area contributed by atoms with Crippen molar-refractivity contribution in [1.29, 1.82) is 0 Å². The van der Waals surface area contributed by atoms with E-state index < -0.39 is 5.54 Å². The molecule has 0 aromatic heterocycles. The average Bonchev–Trinajstić information content (AvgIpc) is 2.00. The fourth-order valence-corrected chi connectivity index (χ4v) is 2.60. The molecular formula is C10H9Cl2NO. The quantitative estimate of drug-likeness (QED) is 0.738. The van der Waals surface area contributed by atoms with Crippen LogP contribution in [0, 0.1) is 0 Å². The van der Waals surface area contributed by atoms with E-state index >= 15 is 0 Å². The van der Waals surface area contributed by atoms with E-state index in [2.05, 4.69) is 5.32 Å². The van der Waals surface area contributed by atoms with Gasteiger partial charge in [0.05, 0.1) is 12.0 Å². The summed E-state index contributed by atoms with van der Waals surface area (Å²) in [6.07, 6.45) is 0.441. The largest absolute Gasteiger partial charge is 0.346 e. The summed E-state index contributed by atoms with van der Waals surface area (Å²) < 4.78 is 0. The molecule has 4 heteroatoms. The molecule has 0 aliphatic carbocycles. The minimum Gasteiger partial charge on any atom is -0.346 e. The summed E-state index contributed by atoms with van der Waals surface area (Å²) in [6.45, 7) is 1.92. The van der Waals surface area contributed by atoms with Gasteiger partial charge >= 0.3 is 0 Å². The first kappa shape index (κ1) is 9.81. The van der Waals surface area contributed by atoms with E-state index in [0.29, 0.717) is 16.5 Å². The molecule has 0 bridgehead atoms. The van der Waals surface area contributed by atoms with Gasteiger partial charge in [-0.05, 0) is 19.1 Å². The number of benzene rings is 1. The Bertz CT molecular complexity index is 375. The molecule has 1 aromatic rings. The number of nitrogens with one attached hydrogen (secondary N) is 1. The van der Waals surface area contributed by atoms with Crippen molar-refractivity contribution in [3.63, 3.8) is 0 Å². The molecule has 74 valence electrons. The molecule has 2 rings (SSSR count). The molecule has 1 aliphatic rings. The Morgan fingerprint density at radius 1 is 1.36 bits per heavy atom. The van der Waals surface area contributed by atoms with Crippen LogP contribution in [0.25, 0.3) is 0 Å². The summed E-state index contributed by atoms with van der Waals surface area (Å²) >= 11 is 12.1. The average molecular weight is 230 g/mol. The second-order valence-corrected chi connectivity index (χ2v) is 4.47. The van der Waals surface area contributed by atoms with Gasteiger partial charge in [-0.15, -0.1) is 0 Å². The lowest BCUT2D eigenvalue weighted by Crippen LogP contribution is -2.56. The highest BCUT2D eigenvalue weighted by atomic mass is 35.5. The lowest BCUT2D eigenvalue weighted by molar-refractivity contribution is -0.132. The van der Waals surface area contributed by atoms with E-state index in [0.717, 1.165) is 5.56 Å². The van der Waals surface area contributed by atoms with Gasteiger partial charge in [-0.3, -0.25) is 4.79 Å². The molecule has 0 spiro atoms. The third-order valence-corrected chi connectivity index (χ3v) is 3.07. The fourth-order valence-electron chi connectivity index (χ4n) is 1.79. The van der Waals surface area contributed by atoms with Crippen LogP contribution in [-0.2, 0) is 10.3 Å². The molecule has 1 aliphatic heterocycles. The second-order valence-electron chi connectivity index (χ2n) is 3.65. The van der Waals surface area contributed by atoms with Crippen LogP contribution in [0.15, 0.2) is 18.2 Å². The Hall–Kier alpha value is -0.730. The number of carbonyl (C=O) groups is 1. The van der Waals surface area contributed by atoms with Crippen LogP contribution in [0.5, 0.6) is 0 Å². The number of carbonyl (C=O) groups excluding carboxylic acids is 1. The zero-order valence-corrected chi connectivity index (χ0v) is 9.12. The van der Waals surface area contributed by atoms with Crippen molar-refractivity contribution in [2.24, 2.45) is 0 Å². The molecule has 1 fully saturated rings. The molecule has 0 radical (unpaired) electrons. The van der Waals surface area contributed by atoms with Crippen LogP contribution in [0.2, 0.25) is 10.0 Å². The van der Waals surface area contributed by atoms with Gasteiger partial charge in [0.15, 0.2) is 0 Å². The van der Waals surface area contributed by atoms with Gasteiger partial charge in [0.25, 0.3) is 0 Å². The lowest BCUT2D eigenvalue weighted by Gasteiger charge is -2.40. The number of amides is 1. The maximum absolute atomic E-state index is 10.9. The highest BCUT2D eigenvalue weighted by Crippen LogP contribution is 2.39. The van der Waals surface area contributed by atoms with Crippen molar-refractivity contribution in [3.05, 3.63) is 33.8 Å². The van der Waals surface area contributed by atoms with E-state index in [4.69, 9.17) is 23.2 Å². The Labute approximate surface area is 92.2 Å². The summed E-state index contributed by atoms with van der Waals surface area (Å²) in [5.41, 5.74) is 0.412. The van der Waals surface area contributed by atoms with Crippen molar-refractivity contribution in [2.75, 3.05) is 0 Å². The number of rotatable bonds is 1. The maximum atomic E-state index is 10.9. The number of halogens is 2. The molecule has 0 saturated carbocycles. The van der Waals surface area contributed by atoms with E-state index in [1.54, 1.807) is 18.2 Å². The zero-order chi connectivity index (χ0) is 10.3. The monoisotopic (exact) mass is 229 g/mol. The summed E-state index contributed by atoms with van der Waals surface area (Å²) in [5, 5.41) is 4.00. The number of β-lactam (4-membered cyclic amide) rings is 1. The van der Waals surface area contributed by atoms with Crippen LogP contribution in [0.4, 0.5) is 0 Å². The van der Waals surface area contributed by atoms with Gasteiger partial charge in [-0.2, -0.15) is 0 Å². The first-order valence-electron chi connectivity index (χ1n) is 4.28.